The first kappa shape index (κ1) is 13.4. The van der Waals surface area contributed by atoms with E-state index in [-0.39, 0.29) is 23.9 Å². The number of carbonyl (C=O) groups excluding carboxylic acids is 2. The van der Waals surface area contributed by atoms with Crippen LogP contribution in [0.2, 0.25) is 0 Å². The van der Waals surface area contributed by atoms with Gasteiger partial charge >= 0.3 is 0 Å². The van der Waals surface area contributed by atoms with Crippen molar-refractivity contribution in [2.45, 2.75) is 65.1 Å². The molecule has 0 spiro atoms. The first-order valence-corrected chi connectivity index (χ1v) is 7.08. The molecular formula is C14H24N2O2. The lowest BCUT2D eigenvalue weighted by Gasteiger charge is -2.38. The fourth-order valence-electron chi connectivity index (χ4n) is 2.94. The van der Waals surface area contributed by atoms with Crippen molar-refractivity contribution in [1.82, 2.24) is 10.2 Å². The summed E-state index contributed by atoms with van der Waals surface area (Å²) in [6.07, 6.45) is 2.89. The molecule has 0 bridgehead atoms. The highest BCUT2D eigenvalue weighted by molar-refractivity contribution is 5.97. The van der Waals surface area contributed by atoms with E-state index < -0.39 is 0 Å². The van der Waals surface area contributed by atoms with Gasteiger partial charge < -0.3 is 10.2 Å². The van der Waals surface area contributed by atoms with Crippen molar-refractivity contribution in [3.63, 3.8) is 0 Å². The van der Waals surface area contributed by atoms with E-state index in [2.05, 4.69) is 26.1 Å². The van der Waals surface area contributed by atoms with Crippen LogP contribution >= 0.6 is 0 Å². The van der Waals surface area contributed by atoms with Crippen LogP contribution in [0, 0.1) is 11.8 Å². The second-order valence-corrected chi connectivity index (χ2v) is 6.08. The third kappa shape index (κ3) is 2.38. The summed E-state index contributed by atoms with van der Waals surface area (Å²) in [5.74, 6) is 1.14. The Morgan fingerprint density at radius 3 is 2.56 bits per heavy atom. The van der Waals surface area contributed by atoms with E-state index >= 15 is 0 Å². The maximum atomic E-state index is 12.5. The summed E-state index contributed by atoms with van der Waals surface area (Å²) in [7, 11) is 0. The smallest absolute Gasteiger partial charge is 0.246 e. The van der Waals surface area contributed by atoms with Gasteiger partial charge in [-0.1, -0.05) is 27.2 Å². The predicted molar refractivity (Wildman–Crippen MR) is 69.9 cm³/mol. The number of carbonyl (C=O) groups is 2. The molecule has 102 valence electrons. The zero-order valence-corrected chi connectivity index (χ0v) is 11.8. The highest BCUT2D eigenvalue weighted by Gasteiger charge is 2.49. The average molecular weight is 252 g/mol. The number of nitrogens with zero attached hydrogens (tertiary/aromatic N) is 1. The van der Waals surface area contributed by atoms with Gasteiger partial charge in [0, 0.05) is 6.04 Å². The summed E-state index contributed by atoms with van der Waals surface area (Å²) in [5, 5.41) is 2.86. The zero-order valence-electron chi connectivity index (χ0n) is 11.8. The van der Waals surface area contributed by atoms with Crippen molar-refractivity contribution in [2.75, 3.05) is 0 Å². The van der Waals surface area contributed by atoms with Gasteiger partial charge in [0.2, 0.25) is 11.8 Å². The number of amides is 2. The van der Waals surface area contributed by atoms with Crippen molar-refractivity contribution in [3.8, 4) is 0 Å². The van der Waals surface area contributed by atoms with Gasteiger partial charge in [-0.2, -0.15) is 0 Å². The van der Waals surface area contributed by atoms with E-state index in [0.29, 0.717) is 17.9 Å². The highest BCUT2D eigenvalue weighted by atomic mass is 16.2. The third-order valence-corrected chi connectivity index (χ3v) is 4.14. The summed E-state index contributed by atoms with van der Waals surface area (Å²) in [5.41, 5.74) is 0. The van der Waals surface area contributed by atoms with E-state index in [9.17, 15) is 9.59 Å². The van der Waals surface area contributed by atoms with Crippen LogP contribution in [0.5, 0.6) is 0 Å². The molecule has 0 radical (unpaired) electrons. The van der Waals surface area contributed by atoms with Gasteiger partial charge in [-0.3, -0.25) is 9.59 Å². The predicted octanol–water partition coefficient (Wildman–Crippen LogP) is 1.55. The summed E-state index contributed by atoms with van der Waals surface area (Å²) in [6, 6.07) is -0.313. The van der Waals surface area contributed by atoms with Crippen LogP contribution < -0.4 is 5.32 Å². The molecule has 4 unspecified atom stereocenters. The SMILES string of the molecule is CCC1CC1N1C(=O)C(CC(C)C)NC(=O)C1C. The summed E-state index contributed by atoms with van der Waals surface area (Å²) < 4.78 is 0. The first-order valence-electron chi connectivity index (χ1n) is 7.08. The molecule has 0 aromatic carbocycles. The van der Waals surface area contributed by atoms with Gasteiger partial charge in [0.15, 0.2) is 0 Å². The van der Waals surface area contributed by atoms with Gasteiger partial charge in [-0.15, -0.1) is 0 Å². The van der Waals surface area contributed by atoms with Crippen molar-refractivity contribution >= 4 is 11.8 Å². The van der Waals surface area contributed by atoms with Crippen molar-refractivity contribution in [3.05, 3.63) is 0 Å². The Labute approximate surface area is 109 Å². The van der Waals surface area contributed by atoms with Gasteiger partial charge in [0.1, 0.15) is 12.1 Å². The normalized spacial score (nSPS) is 35.9. The molecule has 1 saturated carbocycles. The molecule has 4 atom stereocenters. The Kier molecular flexibility index (Phi) is 3.64. The van der Waals surface area contributed by atoms with Crippen LogP contribution in [0.1, 0.15) is 47.0 Å². The molecule has 1 N–H and O–H groups in total. The van der Waals surface area contributed by atoms with Crippen molar-refractivity contribution in [1.29, 1.82) is 0 Å². The minimum atomic E-state index is -0.313. The van der Waals surface area contributed by atoms with Crippen LogP contribution in [0.4, 0.5) is 0 Å². The molecule has 1 saturated heterocycles. The fourth-order valence-corrected chi connectivity index (χ4v) is 2.94. The van der Waals surface area contributed by atoms with E-state index in [1.165, 1.54) is 0 Å². The molecule has 2 amide bonds. The van der Waals surface area contributed by atoms with Crippen molar-refractivity contribution in [2.24, 2.45) is 11.8 Å². The Morgan fingerprint density at radius 1 is 1.39 bits per heavy atom. The zero-order chi connectivity index (χ0) is 13.4. The Morgan fingerprint density at radius 2 is 2.06 bits per heavy atom. The molecule has 0 aromatic rings. The quantitative estimate of drug-likeness (QED) is 0.825. The third-order valence-electron chi connectivity index (χ3n) is 4.14. The minimum Gasteiger partial charge on any atom is -0.343 e. The monoisotopic (exact) mass is 252 g/mol. The van der Waals surface area contributed by atoms with E-state index in [1.807, 2.05) is 11.8 Å². The molecule has 2 fully saturated rings. The molecule has 1 aliphatic carbocycles. The van der Waals surface area contributed by atoms with Crippen molar-refractivity contribution < 1.29 is 9.59 Å². The lowest BCUT2D eigenvalue weighted by Crippen LogP contribution is -2.63. The standard InChI is InChI=1S/C14H24N2O2/c1-5-10-7-12(10)16-9(4)13(17)15-11(14(16)18)6-8(2)3/h8-12H,5-7H2,1-4H3,(H,15,17). The number of hydrogen-bond acceptors (Lipinski definition) is 2. The van der Waals surface area contributed by atoms with E-state index in [0.717, 1.165) is 19.3 Å². The molecule has 2 aliphatic rings. The molecular weight excluding hydrogens is 228 g/mol. The fraction of sp³-hybridized carbons (Fsp3) is 0.857. The lowest BCUT2D eigenvalue weighted by atomic mass is 9.98. The number of piperazine rings is 1. The van der Waals surface area contributed by atoms with Crippen LogP contribution in [0.3, 0.4) is 0 Å². The topological polar surface area (TPSA) is 49.4 Å². The molecule has 4 heteroatoms. The largest absolute Gasteiger partial charge is 0.343 e. The van der Waals surface area contributed by atoms with Crippen LogP contribution in [-0.2, 0) is 9.59 Å². The molecule has 0 aromatic heterocycles. The van der Waals surface area contributed by atoms with Gasteiger partial charge in [0.05, 0.1) is 0 Å². The molecule has 2 rings (SSSR count). The number of hydrogen-bond donors (Lipinski definition) is 1. The average Bonchev–Trinajstić information content (AvgIpc) is 3.05. The summed E-state index contributed by atoms with van der Waals surface area (Å²) >= 11 is 0. The van der Waals surface area contributed by atoms with E-state index in [4.69, 9.17) is 0 Å². The highest BCUT2D eigenvalue weighted by Crippen LogP contribution is 2.40. The second kappa shape index (κ2) is 4.90. The van der Waals surface area contributed by atoms with Gasteiger partial charge in [-0.25, -0.2) is 0 Å². The maximum Gasteiger partial charge on any atom is 0.246 e. The lowest BCUT2D eigenvalue weighted by molar-refractivity contribution is -0.150. The van der Waals surface area contributed by atoms with Crippen LogP contribution in [0.15, 0.2) is 0 Å². The maximum absolute atomic E-state index is 12.5. The van der Waals surface area contributed by atoms with Crippen LogP contribution in [-0.4, -0.2) is 34.8 Å². The molecule has 4 nitrogen and oxygen atoms in total. The summed E-state index contributed by atoms with van der Waals surface area (Å²) in [6.45, 7) is 8.14. The van der Waals surface area contributed by atoms with Crippen LogP contribution in [0.25, 0.3) is 0 Å². The summed E-state index contributed by atoms with van der Waals surface area (Å²) in [4.78, 5) is 26.3. The Bertz CT molecular complexity index is 354. The first-order chi connectivity index (χ1) is 8.45. The van der Waals surface area contributed by atoms with Gasteiger partial charge in [0.25, 0.3) is 0 Å². The second-order valence-electron chi connectivity index (χ2n) is 6.08. The molecule has 1 heterocycles. The number of nitrogens with one attached hydrogen (secondary N) is 1. The minimum absolute atomic E-state index is 0.00185. The van der Waals surface area contributed by atoms with E-state index in [1.54, 1.807) is 0 Å². The van der Waals surface area contributed by atoms with Gasteiger partial charge in [-0.05, 0) is 31.6 Å². The molecule has 1 aliphatic heterocycles. The Balaban J connectivity index is 2.11. The Hall–Kier alpha value is -1.06. The molecule has 18 heavy (non-hydrogen) atoms. The number of rotatable bonds is 4.